The number of esters is 1. The number of amides is 1. The van der Waals surface area contributed by atoms with Crippen LogP contribution < -0.4 is 20.7 Å². The smallest absolute Gasteiger partial charge is 0.307 e. The van der Waals surface area contributed by atoms with Crippen molar-refractivity contribution in [2.75, 3.05) is 39.4 Å². The van der Waals surface area contributed by atoms with Crippen LogP contribution in [0.25, 0.3) is 0 Å². The van der Waals surface area contributed by atoms with Crippen molar-refractivity contribution >= 4 is 17.8 Å². The van der Waals surface area contributed by atoms with Crippen LogP contribution in [0.15, 0.2) is 15.6 Å². The summed E-state index contributed by atoms with van der Waals surface area (Å²) in [5.74, 6) is 0.256. The molecule has 0 atom stereocenters. The Morgan fingerprint density at radius 1 is 1.40 bits per heavy atom. The summed E-state index contributed by atoms with van der Waals surface area (Å²) in [7, 11) is 0. The molecular weight excluding hydrogens is 330 g/mol. The van der Waals surface area contributed by atoms with Gasteiger partial charge in [-0.15, -0.1) is 0 Å². The van der Waals surface area contributed by atoms with E-state index in [0.717, 1.165) is 25.5 Å². The maximum atomic E-state index is 11.8. The van der Waals surface area contributed by atoms with E-state index in [4.69, 9.17) is 14.0 Å². The van der Waals surface area contributed by atoms with Gasteiger partial charge in [-0.1, -0.05) is 0 Å². The largest absolute Gasteiger partial charge is 0.475 e. The molecule has 0 unspecified atom stereocenters. The van der Waals surface area contributed by atoms with Crippen molar-refractivity contribution in [3.05, 3.63) is 11.8 Å². The fraction of sp³-hybridized carbons (Fsp3) is 0.600. The van der Waals surface area contributed by atoms with Gasteiger partial charge in [-0.2, -0.15) is 0 Å². The average Bonchev–Trinajstić information content (AvgIpc) is 3.26. The Balaban J connectivity index is 1.60. The molecule has 1 aromatic heterocycles. The third kappa shape index (κ3) is 6.69. The number of carbonyl (C=O) groups excluding carboxylic acids is 2. The second-order valence-corrected chi connectivity index (χ2v) is 5.13. The molecule has 0 bridgehead atoms. The van der Waals surface area contributed by atoms with E-state index in [-0.39, 0.29) is 30.6 Å². The minimum Gasteiger partial charge on any atom is -0.475 e. The predicted octanol–water partition coefficient (Wildman–Crippen LogP) is -0.325. The first-order valence-electron chi connectivity index (χ1n) is 8.24. The number of guanidine groups is 1. The van der Waals surface area contributed by atoms with Crippen LogP contribution in [-0.2, 0) is 9.53 Å². The minimum atomic E-state index is -0.460. The van der Waals surface area contributed by atoms with E-state index in [9.17, 15) is 9.59 Å². The summed E-state index contributed by atoms with van der Waals surface area (Å²) in [6.45, 7) is 5.00. The Morgan fingerprint density at radius 3 is 3.04 bits per heavy atom. The molecule has 10 nitrogen and oxygen atoms in total. The van der Waals surface area contributed by atoms with Gasteiger partial charge in [0, 0.05) is 19.6 Å². The quantitative estimate of drug-likeness (QED) is 0.386. The summed E-state index contributed by atoms with van der Waals surface area (Å²) >= 11 is 0. The van der Waals surface area contributed by atoms with Gasteiger partial charge in [0.1, 0.15) is 0 Å². The Morgan fingerprint density at radius 2 is 2.28 bits per heavy atom. The number of rotatable bonds is 10. The number of hydrogen-bond acceptors (Lipinski definition) is 9. The highest BCUT2D eigenvalue weighted by Crippen LogP contribution is 2.11. The molecule has 10 heteroatoms. The Hall–Kier alpha value is -2.78. The van der Waals surface area contributed by atoms with Crippen molar-refractivity contribution in [2.45, 2.75) is 19.8 Å². The molecule has 0 saturated heterocycles. The van der Waals surface area contributed by atoms with Gasteiger partial charge in [0.15, 0.2) is 5.96 Å². The zero-order valence-corrected chi connectivity index (χ0v) is 14.2. The van der Waals surface area contributed by atoms with Crippen LogP contribution in [0.1, 0.15) is 30.3 Å². The summed E-state index contributed by atoms with van der Waals surface area (Å²) in [6, 6.07) is 1.41. The van der Waals surface area contributed by atoms with E-state index >= 15 is 0 Å². The molecule has 0 fully saturated rings. The van der Waals surface area contributed by atoms with Crippen molar-refractivity contribution in [1.82, 2.24) is 21.1 Å². The third-order valence-electron chi connectivity index (χ3n) is 3.17. The second kappa shape index (κ2) is 10.2. The maximum absolute atomic E-state index is 11.8. The van der Waals surface area contributed by atoms with Crippen molar-refractivity contribution in [2.24, 2.45) is 4.99 Å². The number of aromatic nitrogens is 1. The van der Waals surface area contributed by atoms with Crippen LogP contribution in [0.4, 0.5) is 0 Å². The van der Waals surface area contributed by atoms with E-state index in [2.05, 4.69) is 26.1 Å². The van der Waals surface area contributed by atoms with E-state index in [1.165, 1.54) is 6.07 Å². The van der Waals surface area contributed by atoms with E-state index in [1.807, 2.05) is 0 Å². The van der Waals surface area contributed by atoms with Gasteiger partial charge in [0.25, 0.3) is 11.8 Å². The molecule has 0 aliphatic carbocycles. The van der Waals surface area contributed by atoms with E-state index in [1.54, 1.807) is 6.92 Å². The van der Waals surface area contributed by atoms with Crippen LogP contribution >= 0.6 is 0 Å². The van der Waals surface area contributed by atoms with Crippen LogP contribution in [-0.4, -0.2) is 62.4 Å². The average molecular weight is 353 g/mol. The van der Waals surface area contributed by atoms with Crippen LogP contribution in [0.3, 0.4) is 0 Å². The normalized spacial score (nSPS) is 12.9. The Bertz CT molecular complexity index is 601. The zero-order valence-electron chi connectivity index (χ0n) is 14.2. The molecule has 1 amide bonds. The number of nitrogens with one attached hydrogen (secondary N) is 3. The lowest BCUT2D eigenvalue weighted by Crippen LogP contribution is -2.34. The highest BCUT2D eigenvalue weighted by Gasteiger charge is 2.14. The SMILES string of the molecule is CCOC(=O)CCNC(=O)c1cc(OCCCNC2=NCCN2)no1. The van der Waals surface area contributed by atoms with Gasteiger partial charge >= 0.3 is 5.97 Å². The Kier molecular flexibility index (Phi) is 7.54. The fourth-order valence-corrected chi connectivity index (χ4v) is 2.00. The Labute approximate surface area is 145 Å². The molecule has 2 rings (SSSR count). The third-order valence-corrected chi connectivity index (χ3v) is 3.17. The highest BCUT2D eigenvalue weighted by atomic mass is 16.5. The molecular formula is C15H23N5O5. The number of ether oxygens (including phenoxy) is 2. The molecule has 3 N–H and O–H groups in total. The van der Waals surface area contributed by atoms with Crippen LogP contribution in [0.5, 0.6) is 5.88 Å². The topological polar surface area (TPSA) is 127 Å². The van der Waals surface area contributed by atoms with Crippen LogP contribution in [0, 0.1) is 0 Å². The molecule has 1 aromatic rings. The van der Waals surface area contributed by atoms with Crippen molar-refractivity contribution in [3.8, 4) is 5.88 Å². The minimum absolute atomic E-state index is 0.0292. The molecule has 1 aliphatic heterocycles. The monoisotopic (exact) mass is 353 g/mol. The molecule has 25 heavy (non-hydrogen) atoms. The number of hydrogen-bond donors (Lipinski definition) is 3. The van der Waals surface area contributed by atoms with Crippen molar-refractivity contribution < 1.29 is 23.6 Å². The standard InChI is InChI=1S/C15H23N5O5/c1-2-23-13(21)4-6-16-14(22)11-10-12(20-25-11)24-9-3-5-17-15-18-7-8-19-15/h10H,2-9H2,1H3,(H,16,22)(H2,17,18,19). The molecule has 0 spiro atoms. The van der Waals surface area contributed by atoms with Gasteiger partial charge in [-0.05, 0) is 18.5 Å². The van der Waals surface area contributed by atoms with Gasteiger partial charge < -0.3 is 29.9 Å². The number of carbonyl (C=O) groups is 2. The van der Waals surface area contributed by atoms with Crippen LogP contribution in [0.2, 0.25) is 0 Å². The molecule has 1 aliphatic rings. The van der Waals surface area contributed by atoms with Gasteiger partial charge in [-0.25, -0.2) is 0 Å². The molecule has 138 valence electrons. The zero-order chi connectivity index (χ0) is 17.9. The fourth-order valence-electron chi connectivity index (χ4n) is 2.00. The lowest BCUT2D eigenvalue weighted by molar-refractivity contribution is -0.142. The summed E-state index contributed by atoms with van der Waals surface area (Å²) < 4.78 is 15.1. The lowest BCUT2D eigenvalue weighted by atomic mass is 10.4. The number of aliphatic imine (C=N–C) groups is 1. The van der Waals surface area contributed by atoms with E-state index < -0.39 is 5.91 Å². The van der Waals surface area contributed by atoms with Gasteiger partial charge in [0.2, 0.25) is 5.76 Å². The second-order valence-electron chi connectivity index (χ2n) is 5.13. The van der Waals surface area contributed by atoms with Gasteiger partial charge in [0.05, 0.1) is 32.2 Å². The first kappa shape index (κ1) is 18.6. The summed E-state index contributed by atoms with van der Waals surface area (Å²) in [6.07, 6.45) is 0.846. The van der Waals surface area contributed by atoms with Gasteiger partial charge in [-0.3, -0.25) is 14.6 Å². The number of nitrogens with zero attached hydrogens (tertiary/aromatic N) is 2. The molecule has 0 saturated carbocycles. The summed E-state index contributed by atoms with van der Waals surface area (Å²) in [5, 5.41) is 12.5. The molecule has 0 aromatic carbocycles. The maximum Gasteiger partial charge on any atom is 0.307 e. The molecule has 2 heterocycles. The van der Waals surface area contributed by atoms with Crippen molar-refractivity contribution in [3.63, 3.8) is 0 Å². The highest BCUT2D eigenvalue weighted by molar-refractivity contribution is 5.91. The summed E-state index contributed by atoms with van der Waals surface area (Å²) in [4.78, 5) is 27.2. The summed E-state index contributed by atoms with van der Waals surface area (Å²) in [5.41, 5.74) is 0. The molecule has 0 radical (unpaired) electrons. The predicted molar refractivity (Wildman–Crippen MR) is 88.5 cm³/mol. The van der Waals surface area contributed by atoms with Crippen molar-refractivity contribution in [1.29, 1.82) is 0 Å². The van der Waals surface area contributed by atoms with E-state index in [0.29, 0.717) is 19.8 Å². The first-order valence-corrected chi connectivity index (χ1v) is 8.24. The lowest BCUT2D eigenvalue weighted by Gasteiger charge is -2.06. The first-order chi connectivity index (χ1) is 12.2.